The van der Waals surface area contributed by atoms with E-state index in [0.717, 1.165) is 6.07 Å². The van der Waals surface area contributed by atoms with Crippen molar-refractivity contribution in [2.75, 3.05) is 13.7 Å². The fourth-order valence-corrected chi connectivity index (χ4v) is 2.10. The largest absolute Gasteiger partial charge is 0.497 e. The van der Waals surface area contributed by atoms with E-state index in [1.807, 2.05) is 6.92 Å². The Morgan fingerprint density at radius 2 is 1.79 bits per heavy atom. The molecule has 0 aliphatic carbocycles. The molecule has 0 aliphatic heterocycles. The summed E-state index contributed by atoms with van der Waals surface area (Å²) < 4.78 is 30.3. The standard InChI is InChI=1S/C19H19FO4/c1-5-23-18-11-13(22-4)6-9-16(18)15-8-7-14(10-17(15)20)24-19(21)12(2)3/h6-11H,2,5H2,1,3-4H3. The van der Waals surface area contributed by atoms with Crippen molar-refractivity contribution in [1.29, 1.82) is 0 Å². The predicted molar refractivity (Wildman–Crippen MR) is 90.0 cm³/mol. The topological polar surface area (TPSA) is 44.8 Å². The van der Waals surface area contributed by atoms with Crippen LogP contribution < -0.4 is 14.2 Å². The zero-order chi connectivity index (χ0) is 17.7. The molecule has 0 aromatic heterocycles. The summed E-state index contributed by atoms with van der Waals surface area (Å²) in [5.74, 6) is 0.141. The van der Waals surface area contributed by atoms with E-state index in [-0.39, 0.29) is 11.3 Å². The number of hydrogen-bond donors (Lipinski definition) is 0. The molecule has 0 saturated carbocycles. The molecule has 126 valence electrons. The Morgan fingerprint density at radius 1 is 1.12 bits per heavy atom. The van der Waals surface area contributed by atoms with Crippen LogP contribution in [-0.2, 0) is 4.79 Å². The lowest BCUT2D eigenvalue weighted by Crippen LogP contribution is -2.08. The fraction of sp³-hybridized carbons (Fsp3) is 0.211. The Morgan fingerprint density at radius 3 is 2.38 bits per heavy atom. The van der Waals surface area contributed by atoms with Gasteiger partial charge in [-0.1, -0.05) is 6.58 Å². The lowest BCUT2D eigenvalue weighted by molar-refractivity contribution is -0.130. The minimum atomic E-state index is -0.596. The van der Waals surface area contributed by atoms with E-state index in [9.17, 15) is 9.18 Å². The quantitative estimate of drug-likeness (QED) is 0.448. The number of methoxy groups -OCH3 is 1. The van der Waals surface area contributed by atoms with Crippen LogP contribution in [0.25, 0.3) is 11.1 Å². The van der Waals surface area contributed by atoms with Gasteiger partial charge in [0.05, 0.1) is 13.7 Å². The van der Waals surface area contributed by atoms with Crippen LogP contribution in [0.1, 0.15) is 13.8 Å². The number of ether oxygens (including phenoxy) is 3. The second kappa shape index (κ2) is 7.64. The number of rotatable bonds is 6. The predicted octanol–water partition coefficient (Wildman–Crippen LogP) is 4.38. The summed E-state index contributed by atoms with van der Waals surface area (Å²) in [6, 6.07) is 9.39. The third kappa shape index (κ3) is 3.93. The molecular formula is C19H19FO4. The van der Waals surface area contributed by atoms with Gasteiger partial charge in [-0.25, -0.2) is 9.18 Å². The van der Waals surface area contributed by atoms with Gasteiger partial charge in [0, 0.05) is 28.8 Å². The SMILES string of the molecule is C=C(C)C(=O)Oc1ccc(-c2ccc(OC)cc2OCC)c(F)c1. The van der Waals surface area contributed by atoms with Gasteiger partial charge < -0.3 is 14.2 Å². The Balaban J connectivity index is 2.39. The molecule has 0 bridgehead atoms. The molecule has 0 atom stereocenters. The molecule has 0 saturated heterocycles. The summed E-state index contributed by atoms with van der Waals surface area (Å²) in [6.07, 6.45) is 0. The van der Waals surface area contributed by atoms with E-state index in [2.05, 4.69) is 6.58 Å². The van der Waals surface area contributed by atoms with Crippen LogP contribution >= 0.6 is 0 Å². The first kappa shape index (κ1) is 17.5. The lowest BCUT2D eigenvalue weighted by Gasteiger charge is -2.13. The number of benzene rings is 2. The summed E-state index contributed by atoms with van der Waals surface area (Å²) in [7, 11) is 1.55. The van der Waals surface area contributed by atoms with E-state index < -0.39 is 11.8 Å². The maximum Gasteiger partial charge on any atom is 0.338 e. The van der Waals surface area contributed by atoms with Gasteiger partial charge in [0.15, 0.2) is 0 Å². The molecule has 24 heavy (non-hydrogen) atoms. The first-order valence-corrected chi connectivity index (χ1v) is 7.44. The first-order valence-electron chi connectivity index (χ1n) is 7.44. The van der Waals surface area contributed by atoms with Crippen LogP contribution in [0.5, 0.6) is 17.2 Å². The van der Waals surface area contributed by atoms with Crippen LogP contribution in [0.15, 0.2) is 48.6 Å². The minimum Gasteiger partial charge on any atom is -0.497 e. The molecule has 4 nitrogen and oxygen atoms in total. The van der Waals surface area contributed by atoms with E-state index in [1.165, 1.54) is 13.0 Å². The van der Waals surface area contributed by atoms with Crippen LogP contribution in [0.2, 0.25) is 0 Å². The third-order valence-corrected chi connectivity index (χ3v) is 3.28. The van der Waals surface area contributed by atoms with Gasteiger partial charge in [-0.15, -0.1) is 0 Å². The van der Waals surface area contributed by atoms with Crippen molar-refractivity contribution in [1.82, 2.24) is 0 Å². The monoisotopic (exact) mass is 330 g/mol. The molecule has 0 spiro atoms. The van der Waals surface area contributed by atoms with E-state index in [4.69, 9.17) is 14.2 Å². The summed E-state index contributed by atoms with van der Waals surface area (Å²) in [5, 5.41) is 0. The zero-order valence-corrected chi connectivity index (χ0v) is 13.9. The van der Waals surface area contributed by atoms with Gasteiger partial charge in [0.25, 0.3) is 0 Å². The molecule has 0 fully saturated rings. The Bertz CT molecular complexity index is 768. The summed E-state index contributed by atoms with van der Waals surface area (Å²) in [5.41, 5.74) is 1.18. The molecule has 2 rings (SSSR count). The average molecular weight is 330 g/mol. The number of halogens is 1. The lowest BCUT2D eigenvalue weighted by atomic mass is 10.0. The highest BCUT2D eigenvalue weighted by Gasteiger charge is 2.14. The van der Waals surface area contributed by atoms with Crippen LogP contribution in [0.3, 0.4) is 0 Å². The van der Waals surface area contributed by atoms with E-state index >= 15 is 0 Å². The smallest absolute Gasteiger partial charge is 0.338 e. The summed E-state index contributed by atoms with van der Waals surface area (Å²) in [6.45, 7) is 7.30. The first-order chi connectivity index (χ1) is 11.5. The molecule has 5 heteroatoms. The van der Waals surface area contributed by atoms with Gasteiger partial charge in [-0.05, 0) is 38.1 Å². The second-order valence-electron chi connectivity index (χ2n) is 5.11. The van der Waals surface area contributed by atoms with Crippen LogP contribution in [0.4, 0.5) is 4.39 Å². The van der Waals surface area contributed by atoms with Crippen molar-refractivity contribution >= 4 is 5.97 Å². The molecule has 2 aromatic rings. The molecule has 2 aromatic carbocycles. The highest BCUT2D eigenvalue weighted by Crippen LogP contribution is 2.36. The Labute approximate surface area is 140 Å². The molecule has 0 unspecified atom stereocenters. The van der Waals surface area contributed by atoms with Crippen molar-refractivity contribution in [3.8, 4) is 28.4 Å². The number of hydrogen-bond acceptors (Lipinski definition) is 4. The van der Waals surface area contributed by atoms with Gasteiger partial charge in [0.1, 0.15) is 23.1 Å². The molecule has 0 heterocycles. The summed E-state index contributed by atoms with van der Waals surface area (Å²) in [4.78, 5) is 11.5. The Hall–Kier alpha value is -2.82. The van der Waals surface area contributed by atoms with Gasteiger partial charge in [-0.3, -0.25) is 0 Å². The van der Waals surface area contributed by atoms with Crippen LogP contribution in [-0.4, -0.2) is 19.7 Å². The fourth-order valence-electron chi connectivity index (χ4n) is 2.10. The van der Waals surface area contributed by atoms with E-state index in [0.29, 0.717) is 29.2 Å². The van der Waals surface area contributed by atoms with Crippen molar-refractivity contribution in [2.45, 2.75) is 13.8 Å². The van der Waals surface area contributed by atoms with Crippen LogP contribution in [0, 0.1) is 5.82 Å². The Kier molecular flexibility index (Phi) is 5.58. The number of carbonyl (C=O) groups is 1. The highest BCUT2D eigenvalue weighted by atomic mass is 19.1. The maximum absolute atomic E-state index is 14.5. The number of carbonyl (C=O) groups excluding carboxylic acids is 1. The van der Waals surface area contributed by atoms with Crippen molar-refractivity contribution in [3.63, 3.8) is 0 Å². The third-order valence-electron chi connectivity index (χ3n) is 3.28. The van der Waals surface area contributed by atoms with Gasteiger partial charge >= 0.3 is 5.97 Å². The molecular weight excluding hydrogens is 311 g/mol. The van der Waals surface area contributed by atoms with E-state index in [1.54, 1.807) is 31.4 Å². The molecule has 0 aliphatic rings. The number of esters is 1. The van der Waals surface area contributed by atoms with Gasteiger partial charge in [-0.2, -0.15) is 0 Å². The zero-order valence-electron chi connectivity index (χ0n) is 13.9. The molecule has 0 amide bonds. The molecule has 0 N–H and O–H groups in total. The maximum atomic E-state index is 14.5. The minimum absolute atomic E-state index is 0.121. The second-order valence-corrected chi connectivity index (χ2v) is 5.11. The highest BCUT2D eigenvalue weighted by molar-refractivity contribution is 5.88. The normalized spacial score (nSPS) is 10.2. The van der Waals surface area contributed by atoms with Crippen molar-refractivity contribution in [3.05, 3.63) is 54.4 Å². The summed E-state index contributed by atoms with van der Waals surface area (Å²) >= 11 is 0. The van der Waals surface area contributed by atoms with Crippen molar-refractivity contribution in [2.24, 2.45) is 0 Å². The van der Waals surface area contributed by atoms with Gasteiger partial charge in [0.2, 0.25) is 0 Å². The average Bonchev–Trinajstić information content (AvgIpc) is 2.55. The van der Waals surface area contributed by atoms with Crippen molar-refractivity contribution < 1.29 is 23.4 Å². The molecule has 0 radical (unpaired) electrons.